The predicted octanol–water partition coefficient (Wildman–Crippen LogP) is 3.98. The topological polar surface area (TPSA) is 103 Å². The molecule has 36 heavy (non-hydrogen) atoms. The normalized spacial score (nSPS) is 10.3. The number of anilines is 1. The number of nitrogens with one attached hydrogen (secondary N) is 2. The number of para-hydroxylation sites is 2. The van der Waals surface area contributed by atoms with E-state index in [4.69, 9.17) is 14.2 Å². The zero-order chi connectivity index (χ0) is 25.9. The number of hydrogen-bond acceptors (Lipinski definition) is 6. The molecule has 0 saturated heterocycles. The average Bonchev–Trinajstić information content (AvgIpc) is 2.87. The smallest absolute Gasteiger partial charge is 0.342 e. The van der Waals surface area contributed by atoms with Crippen LogP contribution in [-0.4, -0.2) is 44.1 Å². The Kier molecular flexibility index (Phi) is 9.45. The minimum Gasteiger partial charge on any atom is -0.490 e. The molecule has 3 rings (SSSR count). The third-order valence-corrected chi connectivity index (χ3v) is 5.18. The highest BCUT2D eigenvalue weighted by Crippen LogP contribution is 2.22. The number of aryl methyl sites for hydroxylation is 3. The van der Waals surface area contributed by atoms with Gasteiger partial charge in [-0.05, 0) is 56.2 Å². The monoisotopic (exact) mass is 490 g/mol. The fourth-order valence-corrected chi connectivity index (χ4v) is 3.59. The largest absolute Gasteiger partial charge is 0.490 e. The Bertz CT molecular complexity index is 1190. The Hall–Kier alpha value is -4.33. The summed E-state index contributed by atoms with van der Waals surface area (Å²) in [5.41, 5.74) is 3.89. The summed E-state index contributed by atoms with van der Waals surface area (Å²) in [6, 6.07) is 19.8. The van der Waals surface area contributed by atoms with Crippen molar-refractivity contribution in [2.45, 2.75) is 20.8 Å². The molecule has 8 heteroatoms. The summed E-state index contributed by atoms with van der Waals surface area (Å²) in [5, 5.41) is 5.26. The van der Waals surface area contributed by atoms with Crippen LogP contribution in [0.1, 0.15) is 27.0 Å². The van der Waals surface area contributed by atoms with Crippen molar-refractivity contribution in [3.63, 3.8) is 0 Å². The Morgan fingerprint density at radius 2 is 1.42 bits per heavy atom. The van der Waals surface area contributed by atoms with Gasteiger partial charge in [-0.25, -0.2) is 4.79 Å². The molecule has 0 atom stereocenters. The summed E-state index contributed by atoms with van der Waals surface area (Å²) < 4.78 is 16.4. The molecule has 3 aromatic rings. The van der Waals surface area contributed by atoms with Gasteiger partial charge in [-0.3, -0.25) is 9.59 Å². The van der Waals surface area contributed by atoms with Gasteiger partial charge in [-0.15, -0.1) is 0 Å². The highest BCUT2D eigenvalue weighted by molar-refractivity contribution is 5.97. The van der Waals surface area contributed by atoms with Crippen LogP contribution in [0.5, 0.6) is 11.5 Å². The zero-order valence-electron chi connectivity index (χ0n) is 20.6. The Morgan fingerprint density at radius 1 is 0.778 bits per heavy atom. The molecule has 0 bridgehead atoms. The van der Waals surface area contributed by atoms with Crippen molar-refractivity contribution in [1.29, 1.82) is 0 Å². The molecule has 0 unspecified atom stereocenters. The summed E-state index contributed by atoms with van der Waals surface area (Å²) in [4.78, 5) is 36.9. The third-order valence-electron chi connectivity index (χ3n) is 5.18. The molecule has 188 valence electrons. The van der Waals surface area contributed by atoms with Crippen LogP contribution in [0.15, 0.2) is 66.7 Å². The minimum absolute atomic E-state index is 0.188. The van der Waals surface area contributed by atoms with Gasteiger partial charge in [0.05, 0.1) is 6.54 Å². The molecule has 0 aliphatic heterocycles. The number of carbonyl (C=O) groups excluding carboxylic acids is 3. The predicted molar refractivity (Wildman–Crippen MR) is 136 cm³/mol. The first-order valence-corrected chi connectivity index (χ1v) is 11.5. The van der Waals surface area contributed by atoms with Gasteiger partial charge >= 0.3 is 5.97 Å². The van der Waals surface area contributed by atoms with Crippen LogP contribution in [0.25, 0.3) is 0 Å². The number of esters is 1. The van der Waals surface area contributed by atoms with Gasteiger partial charge in [0.1, 0.15) is 30.3 Å². The van der Waals surface area contributed by atoms with Crippen LogP contribution >= 0.6 is 0 Å². The third kappa shape index (κ3) is 7.87. The maximum absolute atomic E-state index is 12.5. The number of ether oxygens (including phenoxy) is 3. The van der Waals surface area contributed by atoms with Crippen molar-refractivity contribution in [2.75, 3.05) is 31.7 Å². The van der Waals surface area contributed by atoms with Gasteiger partial charge in [0.15, 0.2) is 6.61 Å². The Balaban J connectivity index is 1.43. The maximum atomic E-state index is 12.5. The van der Waals surface area contributed by atoms with Crippen molar-refractivity contribution in [3.8, 4) is 11.5 Å². The summed E-state index contributed by atoms with van der Waals surface area (Å²) >= 11 is 0. The number of rotatable bonds is 11. The fourth-order valence-electron chi connectivity index (χ4n) is 3.59. The number of carbonyl (C=O) groups is 3. The van der Waals surface area contributed by atoms with Gasteiger partial charge < -0.3 is 24.8 Å². The molecule has 0 aliphatic rings. The van der Waals surface area contributed by atoms with E-state index in [0.29, 0.717) is 12.4 Å². The summed E-state index contributed by atoms with van der Waals surface area (Å²) in [6.45, 7) is 5.54. The lowest BCUT2D eigenvalue weighted by Crippen LogP contribution is -2.35. The van der Waals surface area contributed by atoms with Gasteiger partial charge in [-0.1, -0.05) is 48.0 Å². The fraction of sp³-hybridized carbons (Fsp3) is 0.250. The highest BCUT2D eigenvalue weighted by Gasteiger charge is 2.16. The Labute approximate surface area is 210 Å². The molecule has 2 amide bonds. The molecule has 3 aromatic carbocycles. The van der Waals surface area contributed by atoms with E-state index >= 15 is 0 Å². The first-order valence-electron chi connectivity index (χ1n) is 11.5. The van der Waals surface area contributed by atoms with Gasteiger partial charge in [-0.2, -0.15) is 0 Å². The van der Waals surface area contributed by atoms with Crippen LogP contribution in [0.4, 0.5) is 5.69 Å². The molecular formula is C28H30N2O6. The van der Waals surface area contributed by atoms with E-state index in [2.05, 4.69) is 10.6 Å². The standard InChI is InChI=1S/C28H30N2O6/c1-19-15-20(2)27(21(3)16-19)30-25(31)17-29-26(32)18-36-28(33)23-11-7-8-12-24(23)35-14-13-34-22-9-5-4-6-10-22/h4-12,15-16H,13-14,17-18H2,1-3H3,(H,29,32)(H,30,31). The van der Waals surface area contributed by atoms with Crippen LogP contribution in [-0.2, 0) is 14.3 Å². The van der Waals surface area contributed by atoms with E-state index in [1.54, 1.807) is 24.3 Å². The van der Waals surface area contributed by atoms with Gasteiger partial charge in [0, 0.05) is 5.69 Å². The SMILES string of the molecule is Cc1cc(C)c(NC(=O)CNC(=O)COC(=O)c2ccccc2OCCOc2ccccc2)c(C)c1. The lowest BCUT2D eigenvalue weighted by atomic mass is 10.1. The van der Waals surface area contributed by atoms with Crippen molar-refractivity contribution >= 4 is 23.5 Å². The quantitative estimate of drug-likeness (QED) is 0.311. The van der Waals surface area contributed by atoms with E-state index in [9.17, 15) is 14.4 Å². The number of hydrogen-bond donors (Lipinski definition) is 2. The highest BCUT2D eigenvalue weighted by atomic mass is 16.5. The summed E-state index contributed by atoms with van der Waals surface area (Å²) in [5.74, 6) is -0.632. The lowest BCUT2D eigenvalue weighted by Gasteiger charge is -2.13. The molecule has 0 aromatic heterocycles. The van der Waals surface area contributed by atoms with Crippen LogP contribution < -0.4 is 20.1 Å². The molecule has 0 spiro atoms. The van der Waals surface area contributed by atoms with Crippen molar-refractivity contribution in [2.24, 2.45) is 0 Å². The Morgan fingerprint density at radius 3 is 2.14 bits per heavy atom. The van der Waals surface area contributed by atoms with Crippen molar-refractivity contribution in [3.05, 3.63) is 89.0 Å². The number of amides is 2. The molecule has 0 saturated carbocycles. The maximum Gasteiger partial charge on any atom is 0.342 e. The van der Waals surface area contributed by atoms with E-state index in [0.717, 1.165) is 28.1 Å². The first-order chi connectivity index (χ1) is 17.3. The molecular weight excluding hydrogens is 460 g/mol. The summed E-state index contributed by atoms with van der Waals surface area (Å²) in [7, 11) is 0. The van der Waals surface area contributed by atoms with Gasteiger partial charge in [0.2, 0.25) is 5.91 Å². The summed E-state index contributed by atoms with van der Waals surface area (Å²) in [6.07, 6.45) is 0. The van der Waals surface area contributed by atoms with Crippen molar-refractivity contribution < 1.29 is 28.6 Å². The molecule has 0 heterocycles. The van der Waals surface area contributed by atoms with E-state index < -0.39 is 18.5 Å². The lowest BCUT2D eigenvalue weighted by molar-refractivity contribution is -0.126. The second kappa shape index (κ2) is 12.9. The molecule has 0 radical (unpaired) electrons. The molecule has 0 aliphatic carbocycles. The second-order valence-electron chi connectivity index (χ2n) is 8.18. The molecule has 8 nitrogen and oxygen atoms in total. The minimum atomic E-state index is -0.708. The van der Waals surface area contributed by atoms with Crippen molar-refractivity contribution in [1.82, 2.24) is 5.32 Å². The second-order valence-corrected chi connectivity index (χ2v) is 8.18. The van der Waals surface area contributed by atoms with E-state index in [1.165, 1.54) is 0 Å². The van der Waals surface area contributed by atoms with E-state index in [1.807, 2.05) is 63.2 Å². The zero-order valence-corrected chi connectivity index (χ0v) is 20.6. The van der Waals surface area contributed by atoms with E-state index in [-0.39, 0.29) is 24.6 Å². The molecule has 2 N–H and O–H groups in total. The first kappa shape index (κ1) is 26.3. The van der Waals surface area contributed by atoms with Crippen LogP contribution in [0.3, 0.4) is 0 Å². The van der Waals surface area contributed by atoms with Gasteiger partial charge in [0.25, 0.3) is 5.91 Å². The van der Waals surface area contributed by atoms with Crippen LogP contribution in [0.2, 0.25) is 0 Å². The molecule has 0 fully saturated rings. The van der Waals surface area contributed by atoms with Crippen LogP contribution in [0, 0.1) is 20.8 Å². The average molecular weight is 491 g/mol. The number of benzene rings is 3.